The lowest BCUT2D eigenvalue weighted by Crippen LogP contribution is -2.67. The molecule has 5 saturated carbocycles. The highest BCUT2D eigenvalue weighted by Crippen LogP contribution is 2.77. The van der Waals surface area contributed by atoms with E-state index in [0.29, 0.717) is 24.7 Å². The molecule has 5 fully saturated rings. The zero-order chi connectivity index (χ0) is 97.3. The van der Waals surface area contributed by atoms with Crippen molar-refractivity contribution < 1.29 is 62.9 Å². The number of rotatable bonds is 54. The van der Waals surface area contributed by atoms with Gasteiger partial charge in [0, 0.05) is 52.4 Å². The summed E-state index contributed by atoms with van der Waals surface area (Å²) in [5.74, 6) is -10.1. The SMILES string of the molecule is C=C(C)[C@@H]1CC[C@]2(C(=O)OCc3cn(CC(=O)N[C@@H](CCCN=C(N)N)C(=O)N[C@@H](CCCN=C(N)N)C(=O)N[C@@H](CCCN=C(N)N)C(=O)N[C@@H](CCCN=C(N)N)C(=O)N[C@@H](CCCN=C(N)N)C(=O)N[C@@H](CCCN=C(N)N)C(=O)N[C@@H](CCCN=C(N)N)C(=O)N[C@H](CCCN=C(N)N)C(=O)O)nn3)CC[C@]3(C)[C@H](CC[C@@H]4[C@@]5(C)CC[C@H](O)C(C)(C)[C@@H]5CC[C@]43C)[C@@H]12. The van der Waals surface area contributed by atoms with Crippen LogP contribution in [0.4, 0.5) is 0 Å². The van der Waals surface area contributed by atoms with Crippen LogP contribution >= 0.6 is 0 Å². The molecule has 0 aliphatic heterocycles. The van der Waals surface area contributed by atoms with Gasteiger partial charge in [-0.25, -0.2) is 9.48 Å². The number of carboxylic acids is 1. The van der Waals surface area contributed by atoms with Gasteiger partial charge in [-0.15, -0.1) is 5.10 Å². The van der Waals surface area contributed by atoms with E-state index in [9.17, 15) is 39.0 Å². The number of ether oxygens (including phenoxy) is 1. The van der Waals surface area contributed by atoms with Crippen molar-refractivity contribution in [2.75, 3.05) is 52.4 Å². The molecular formula is C83H149N35O13. The number of carbonyl (C=O) groups is 10. The Morgan fingerprint density at radius 1 is 0.427 bits per heavy atom. The van der Waals surface area contributed by atoms with E-state index in [1.54, 1.807) is 0 Å². The highest BCUT2D eigenvalue weighted by Gasteiger charge is 2.72. The van der Waals surface area contributed by atoms with Crippen LogP contribution in [0.15, 0.2) is 58.3 Å². The van der Waals surface area contributed by atoms with Gasteiger partial charge in [-0.05, 0) is 225 Å². The summed E-state index contributed by atoms with van der Waals surface area (Å²) in [5.41, 5.74) is 90.4. The monoisotopic (exact) mass is 1840 g/mol. The number of nitrogens with zero attached hydrogens (tertiary/aromatic N) is 11. The second-order valence-corrected chi connectivity index (χ2v) is 36.7. The number of carbonyl (C=O) groups excluding carboxylic acids is 9. The Balaban J connectivity index is 1.24. The normalized spacial score (nSPS) is 23.7. The summed E-state index contributed by atoms with van der Waals surface area (Å²) in [6.45, 7) is 17.6. The van der Waals surface area contributed by atoms with Crippen LogP contribution in [0.2, 0.25) is 0 Å². The third-order valence-corrected chi connectivity index (χ3v) is 27.3. The summed E-state index contributed by atoms with van der Waals surface area (Å²) >= 11 is 0. The number of fused-ring (bicyclic) bond motifs is 7. The molecule has 5 aliphatic carbocycles. The van der Waals surface area contributed by atoms with Crippen molar-refractivity contribution in [3.05, 3.63) is 24.0 Å². The Bertz CT molecular complexity index is 4310. The van der Waals surface area contributed by atoms with Gasteiger partial charge in [0.2, 0.25) is 47.3 Å². The van der Waals surface area contributed by atoms with Crippen molar-refractivity contribution in [2.45, 2.75) is 276 Å². The first-order valence-electron chi connectivity index (χ1n) is 45.2. The van der Waals surface area contributed by atoms with E-state index < -0.39 is 114 Å². The van der Waals surface area contributed by atoms with Crippen LogP contribution in [-0.4, -0.2) is 239 Å². The van der Waals surface area contributed by atoms with Gasteiger partial charge >= 0.3 is 11.9 Å². The molecule has 0 spiro atoms. The molecule has 48 nitrogen and oxygen atoms in total. The summed E-state index contributed by atoms with van der Waals surface area (Å²) in [5, 5.41) is 51.1. The Morgan fingerprint density at radius 2 is 0.756 bits per heavy atom. The van der Waals surface area contributed by atoms with Crippen LogP contribution in [0.3, 0.4) is 0 Å². The fraction of sp³-hybridized carbons (Fsp3) is 0.735. The van der Waals surface area contributed by atoms with Crippen LogP contribution in [0, 0.1) is 56.7 Å². The molecule has 0 saturated heterocycles. The van der Waals surface area contributed by atoms with Gasteiger partial charge in [0.05, 0.1) is 17.7 Å². The Kier molecular flexibility index (Phi) is 41.2. The number of guanidine groups is 8. The zero-order valence-electron chi connectivity index (χ0n) is 76.9. The van der Waals surface area contributed by atoms with Gasteiger partial charge in [0.15, 0.2) is 47.7 Å². The van der Waals surface area contributed by atoms with Crippen molar-refractivity contribution in [1.82, 2.24) is 57.5 Å². The number of nitrogens with one attached hydrogen (secondary N) is 8. The lowest BCUT2D eigenvalue weighted by molar-refractivity contribution is -0.248. The smallest absolute Gasteiger partial charge is 0.326 e. The van der Waals surface area contributed by atoms with Gasteiger partial charge in [-0.1, -0.05) is 52.0 Å². The van der Waals surface area contributed by atoms with Crippen LogP contribution in [-0.2, 0) is 65.8 Å². The highest BCUT2D eigenvalue weighted by molar-refractivity contribution is 5.98. The van der Waals surface area contributed by atoms with Crippen LogP contribution in [0.5, 0.6) is 0 Å². The maximum atomic E-state index is 15.1. The first-order chi connectivity index (χ1) is 61.7. The van der Waals surface area contributed by atoms with Gasteiger partial charge < -0.3 is 149 Å². The third-order valence-electron chi connectivity index (χ3n) is 27.3. The number of allylic oxidation sites excluding steroid dienone is 1. The Morgan fingerprint density at radius 3 is 1.08 bits per heavy atom. The fourth-order valence-electron chi connectivity index (χ4n) is 20.7. The second kappa shape index (κ2) is 50.2. The van der Waals surface area contributed by atoms with Crippen LogP contribution in [0.25, 0.3) is 0 Å². The summed E-state index contributed by atoms with van der Waals surface area (Å²) < 4.78 is 7.55. The fourth-order valence-corrected chi connectivity index (χ4v) is 20.7. The molecule has 1 heterocycles. The molecule has 5 aliphatic rings. The van der Waals surface area contributed by atoms with Gasteiger partial charge in [-0.2, -0.15) is 0 Å². The Hall–Kier alpha value is -12.3. The summed E-state index contributed by atoms with van der Waals surface area (Å²) in [6, 6.07) is -12.2. The number of esters is 1. The van der Waals surface area contributed by atoms with Gasteiger partial charge in [0.25, 0.3) is 0 Å². The number of hydrogen-bond acceptors (Lipinski definition) is 22. The minimum atomic E-state index is -1.59. The largest absolute Gasteiger partial charge is 0.480 e. The topological polar surface area (TPSA) is 863 Å². The van der Waals surface area contributed by atoms with E-state index in [1.807, 2.05) is 0 Å². The molecule has 42 N–H and O–H groups in total. The quantitative estimate of drug-likeness (QED) is 0.00952. The van der Waals surface area contributed by atoms with E-state index in [2.05, 4.69) is 141 Å². The molecule has 8 amide bonds. The summed E-state index contributed by atoms with van der Waals surface area (Å²) in [4.78, 5) is 177. The van der Waals surface area contributed by atoms with Crippen molar-refractivity contribution in [1.29, 1.82) is 0 Å². The van der Waals surface area contributed by atoms with Crippen LogP contribution in [0.1, 0.15) is 214 Å². The van der Waals surface area contributed by atoms with Crippen LogP contribution < -0.4 is 134 Å². The number of nitrogens with two attached hydrogens (primary N) is 16. The molecule has 734 valence electrons. The maximum Gasteiger partial charge on any atom is 0.326 e. The lowest BCUT2D eigenvalue weighted by Gasteiger charge is -2.72. The molecule has 0 aromatic carbocycles. The molecular weight excluding hydrogens is 1700 g/mol. The predicted molar refractivity (Wildman–Crippen MR) is 497 cm³/mol. The molecule has 48 heteroatoms. The molecule has 1 aromatic heterocycles. The number of aromatic nitrogens is 3. The van der Waals surface area contributed by atoms with Crippen molar-refractivity contribution in [3.63, 3.8) is 0 Å². The average Bonchev–Trinajstić information content (AvgIpc) is 1.63. The number of aliphatic carboxylic acids is 1. The third kappa shape index (κ3) is 31.2. The van der Waals surface area contributed by atoms with E-state index >= 15 is 19.2 Å². The van der Waals surface area contributed by atoms with Gasteiger partial charge in [-0.3, -0.25) is 83.1 Å². The van der Waals surface area contributed by atoms with E-state index in [0.717, 1.165) is 56.9 Å². The summed E-state index contributed by atoms with van der Waals surface area (Å²) in [7, 11) is 0. The average molecular weight is 1850 g/mol. The minimum Gasteiger partial charge on any atom is -0.480 e. The van der Waals surface area contributed by atoms with Gasteiger partial charge in [0.1, 0.15) is 67.2 Å². The predicted octanol–water partition coefficient (Wildman–Crippen LogP) is -5.27. The molecule has 0 bridgehead atoms. The van der Waals surface area contributed by atoms with E-state index in [4.69, 9.17) is 96.5 Å². The molecule has 1 aromatic rings. The molecule has 6 rings (SSSR count). The highest BCUT2D eigenvalue weighted by atomic mass is 16.5. The number of aliphatic hydroxyl groups is 1. The zero-order valence-corrected chi connectivity index (χ0v) is 76.9. The number of amides is 8. The lowest BCUT2D eigenvalue weighted by atomic mass is 9.32. The number of carboxylic acid groups (broad SMARTS) is 1. The second-order valence-electron chi connectivity index (χ2n) is 36.7. The Labute approximate surface area is 764 Å². The first-order valence-corrected chi connectivity index (χ1v) is 45.2. The molecule has 0 unspecified atom stereocenters. The van der Waals surface area contributed by atoms with E-state index in [-0.39, 0.29) is 267 Å². The number of aliphatic hydroxyl groups excluding tert-OH is 1. The van der Waals surface area contributed by atoms with E-state index in [1.165, 1.54) is 10.9 Å². The van der Waals surface area contributed by atoms with Crippen molar-refractivity contribution >= 4 is 107 Å². The maximum absolute atomic E-state index is 15.1. The minimum absolute atomic E-state index is 0.000250. The number of aliphatic imine (C=N–C) groups is 8. The summed E-state index contributed by atoms with van der Waals surface area (Å²) in [6.07, 6.45) is 9.01. The van der Waals surface area contributed by atoms with Crippen molar-refractivity contribution in [2.24, 2.45) is 188 Å². The first kappa shape index (κ1) is 107. The molecule has 0 radical (unpaired) electrons. The standard InChI is InChI=1S/C83H149N35O13/c1-45(2)47-26-31-83(33-32-81(6)48(61(47)83)24-25-58-80(5)29-28-59(119)79(3,4)57(80)27-30-82(58,81)7)70(130)131-44-46-42-118(117-116-46)43-60(120)108-49(16-8-34-100-71(84)85)62(121)109-50(17-9-35-101-72(86)87)63(122)110-51(18-10-36-102-73(88)89)64(123)111-52(19-11-37-103-74(90)91)65(124)112-53(20-12-38-104-75(92)93)66(125)113-54(21-13-39-105-76(94)95)67(126)114-55(22-14-40-106-77(96)97)68(127)115-56(69(128)129)23-15-41-107-78(98)99/h42,47-59,61,119H,1,8-41,43-44H2,2-7H3,(H,108,120)(H,109,121)(H,110,122)(H,111,123)(H,112,124)(H,113,125)(H,114,126)(H,115,127)(H,128,129)(H4,84,85,100)(H4,86,87,101)(H4,88,89,102)(H4,90,91,103)(H4,92,93,104)(H4,94,95,105)(H4,96,97,106)(H4,98,99,107)/t47-,48+,49-,50-,51-,52-,53-,54-,55-,56+,57-,58+,59-,61+,80-,81+,82+,83-/m0/s1. The molecule has 18 atom stereocenters. The molecule has 131 heavy (non-hydrogen) atoms. The van der Waals surface area contributed by atoms with Crippen molar-refractivity contribution in [3.8, 4) is 0 Å². The number of hydrogen-bond donors (Lipinski definition) is 26.